The summed E-state index contributed by atoms with van der Waals surface area (Å²) in [4.78, 5) is 22.7. The smallest absolute Gasteiger partial charge is 0.465 e. The number of benzene rings is 1. The number of carbonyl (C=O) groups is 1. The van der Waals surface area contributed by atoms with Crippen molar-refractivity contribution in [2.45, 2.75) is 0 Å². The Bertz CT molecular complexity index is 583. The van der Waals surface area contributed by atoms with E-state index in [4.69, 9.17) is 13.9 Å². The van der Waals surface area contributed by atoms with Crippen LogP contribution in [0.1, 0.15) is 0 Å². The van der Waals surface area contributed by atoms with Crippen molar-refractivity contribution >= 4 is 12.0 Å². The highest BCUT2D eigenvalue weighted by Gasteiger charge is 2.22. The van der Waals surface area contributed by atoms with Crippen LogP contribution in [-0.2, 0) is 0 Å². The lowest BCUT2D eigenvalue weighted by Gasteiger charge is -2.09. The lowest BCUT2D eigenvalue weighted by Crippen LogP contribution is -2.23. The average molecular weight is 235 g/mol. The van der Waals surface area contributed by atoms with E-state index in [1.54, 1.807) is 30.3 Å². The van der Waals surface area contributed by atoms with Gasteiger partial charge in [-0.1, -0.05) is 30.3 Å². The minimum Gasteiger partial charge on any atom is -0.465 e. The van der Waals surface area contributed by atoms with E-state index >= 15 is 0 Å². The van der Waals surface area contributed by atoms with Gasteiger partial charge >= 0.3 is 11.9 Å². The van der Waals surface area contributed by atoms with Crippen molar-refractivity contribution in [1.82, 2.24) is 0 Å². The van der Waals surface area contributed by atoms with E-state index in [0.29, 0.717) is 5.56 Å². The molecule has 17 heavy (non-hydrogen) atoms. The van der Waals surface area contributed by atoms with Crippen LogP contribution >= 0.6 is 0 Å². The van der Waals surface area contributed by atoms with Crippen LogP contribution in [0.5, 0.6) is 0 Å². The molecule has 0 aliphatic carbocycles. The maximum Gasteiger partial charge on any atom is 0.521 e. The minimum atomic E-state index is -1.24. The fraction of sp³-hybridized carbons (Fsp3) is 0.0909. The Balaban J connectivity index is 2.55. The van der Waals surface area contributed by atoms with Gasteiger partial charge in [0.1, 0.15) is 0 Å². The third-order valence-corrected chi connectivity index (χ3v) is 2.19. The van der Waals surface area contributed by atoms with Gasteiger partial charge in [-0.25, -0.2) is 14.5 Å². The Kier molecular flexibility index (Phi) is 2.70. The molecule has 0 saturated heterocycles. The van der Waals surface area contributed by atoms with E-state index in [1.807, 2.05) is 0 Å². The van der Waals surface area contributed by atoms with Gasteiger partial charge in [-0.15, -0.1) is 0 Å². The van der Waals surface area contributed by atoms with Gasteiger partial charge in [-0.2, -0.15) is 0 Å². The van der Waals surface area contributed by atoms with Crippen molar-refractivity contribution in [2.75, 3.05) is 11.9 Å². The Hall–Kier alpha value is -2.50. The lowest BCUT2D eigenvalue weighted by atomic mass is 10.2. The predicted molar refractivity (Wildman–Crippen MR) is 59.1 cm³/mol. The lowest BCUT2D eigenvalue weighted by molar-refractivity contribution is 0.202. The zero-order chi connectivity index (χ0) is 12.4. The molecular weight excluding hydrogens is 226 g/mol. The number of hydrogen-bond acceptors (Lipinski definition) is 4. The average Bonchev–Trinajstić information content (AvgIpc) is 2.71. The van der Waals surface area contributed by atoms with Gasteiger partial charge in [0.2, 0.25) is 5.76 Å². The molecule has 2 rings (SSSR count). The molecular formula is C11H9NO5. The van der Waals surface area contributed by atoms with Gasteiger partial charge in [0.25, 0.3) is 5.88 Å². The first kappa shape index (κ1) is 11.0. The summed E-state index contributed by atoms with van der Waals surface area (Å²) in [7, 11) is 1.27. The number of amides is 1. The molecule has 0 fully saturated rings. The first-order chi connectivity index (χ1) is 8.09. The largest absolute Gasteiger partial charge is 0.521 e. The van der Waals surface area contributed by atoms with E-state index < -0.39 is 11.9 Å². The minimum absolute atomic E-state index is 0.0977. The summed E-state index contributed by atoms with van der Waals surface area (Å²) in [5.74, 6) is -0.971. The summed E-state index contributed by atoms with van der Waals surface area (Å²) < 4.78 is 9.56. The number of rotatable bonds is 2. The summed E-state index contributed by atoms with van der Waals surface area (Å²) in [5, 5.41) is 8.84. The van der Waals surface area contributed by atoms with E-state index in [9.17, 15) is 9.59 Å². The van der Waals surface area contributed by atoms with Crippen LogP contribution in [0, 0.1) is 0 Å². The third kappa shape index (κ3) is 2.05. The topological polar surface area (TPSA) is 83.9 Å². The first-order valence-electron chi connectivity index (χ1n) is 4.75. The number of carboxylic acid groups (broad SMARTS) is 1. The van der Waals surface area contributed by atoms with Crippen molar-refractivity contribution in [1.29, 1.82) is 0 Å². The maximum atomic E-state index is 11.1. The normalized spacial score (nSPS) is 10.2. The molecule has 6 heteroatoms. The molecule has 1 N–H and O–H groups in total. The molecule has 1 aromatic heterocycles. The van der Waals surface area contributed by atoms with Crippen LogP contribution in [0.2, 0.25) is 0 Å². The monoisotopic (exact) mass is 235 g/mol. The molecule has 0 saturated carbocycles. The van der Waals surface area contributed by atoms with Crippen LogP contribution in [0.4, 0.5) is 10.7 Å². The fourth-order valence-corrected chi connectivity index (χ4v) is 1.35. The molecule has 0 bridgehead atoms. The van der Waals surface area contributed by atoms with E-state index in [0.717, 1.165) is 4.90 Å². The highest BCUT2D eigenvalue weighted by molar-refractivity contribution is 5.87. The summed E-state index contributed by atoms with van der Waals surface area (Å²) in [5.41, 5.74) is 0.571. The molecule has 0 radical (unpaired) electrons. The summed E-state index contributed by atoms with van der Waals surface area (Å²) in [6.45, 7) is 0. The molecule has 0 aliphatic rings. The molecule has 88 valence electrons. The second-order valence-corrected chi connectivity index (χ2v) is 3.30. The molecule has 1 aromatic carbocycles. The molecule has 0 spiro atoms. The Labute approximate surface area is 95.7 Å². The fourth-order valence-electron chi connectivity index (χ4n) is 1.35. The molecule has 1 amide bonds. The Morgan fingerprint density at radius 2 is 1.88 bits per heavy atom. The summed E-state index contributed by atoms with van der Waals surface area (Å²) >= 11 is 0. The second kappa shape index (κ2) is 4.17. The number of nitrogens with zero attached hydrogens (tertiary/aromatic N) is 1. The quantitative estimate of drug-likeness (QED) is 0.860. The van der Waals surface area contributed by atoms with Crippen molar-refractivity contribution in [3.63, 3.8) is 0 Å². The van der Waals surface area contributed by atoms with Crippen LogP contribution in [0.25, 0.3) is 11.3 Å². The first-order valence-corrected chi connectivity index (χ1v) is 4.75. The summed E-state index contributed by atoms with van der Waals surface area (Å²) in [6.07, 6.45) is -1.24. The van der Waals surface area contributed by atoms with E-state index in [-0.39, 0.29) is 11.6 Å². The Morgan fingerprint density at radius 3 is 2.47 bits per heavy atom. The van der Waals surface area contributed by atoms with E-state index in [2.05, 4.69) is 0 Å². The van der Waals surface area contributed by atoms with Gasteiger partial charge in [0, 0.05) is 12.6 Å². The highest BCUT2D eigenvalue weighted by atomic mass is 16.6. The molecule has 1 heterocycles. The molecule has 0 unspecified atom stereocenters. The van der Waals surface area contributed by atoms with Crippen molar-refractivity contribution < 1.29 is 18.7 Å². The predicted octanol–water partition coefficient (Wildman–Crippen LogP) is 2.01. The zero-order valence-corrected chi connectivity index (χ0v) is 8.91. The van der Waals surface area contributed by atoms with Crippen LogP contribution in [0.3, 0.4) is 0 Å². The number of hydrogen-bond donors (Lipinski definition) is 1. The van der Waals surface area contributed by atoms with Gasteiger partial charge in [0.05, 0.1) is 0 Å². The van der Waals surface area contributed by atoms with Gasteiger partial charge in [-0.05, 0) is 0 Å². The van der Waals surface area contributed by atoms with Crippen LogP contribution in [-0.4, -0.2) is 18.2 Å². The van der Waals surface area contributed by atoms with Gasteiger partial charge in [0.15, 0.2) is 0 Å². The molecule has 0 aliphatic heterocycles. The van der Waals surface area contributed by atoms with Crippen molar-refractivity contribution in [2.24, 2.45) is 0 Å². The van der Waals surface area contributed by atoms with Crippen molar-refractivity contribution in [3.8, 4) is 11.3 Å². The van der Waals surface area contributed by atoms with Crippen LogP contribution < -0.4 is 10.7 Å². The van der Waals surface area contributed by atoms with Gasteiger partial charge in [-0.3, -0.25) is 0 Å². The number of anilines is 1. The molecule has 2 aromatic rings. The molecule has 6 nitrogen and oxygen atoms in total. The third-order valence-electron chi connectivity index (χ3n) is 2.19. The Morgan fingerprint density at radius 1 is 1.24 bits per heavy atom. The standard InChI is InChI=1S/C11H9NO5/c1-12(10(13)14)9-8(16-11(15)17-9)7-5-3-2-4-6-7/h2-6H,1H3,(H,13,14). The van der Waals surface area contributed by atoms with E-state index in [1.165, 1.54) is 7.05 Å². The molecule has 0 atom stereocenters. The van der Waals surface area contributed by atoms with Crippen LogP contribution in [0.15, 0.2) is 44.0 Å². The summed E-state index contributed by atoms with van der Waals surface area (Å²) in [6, 6.07) is 8.65. The zero-order valence-electron chi connectivity index (χ0n) is 8.91. The van der Waals surface area contributed by atoms with Gasteiger partial charge < -0.3 is 13.9 Å². The maximum absolute atomic E-state index is 11.1. The highest BCUT2D eigenvalue weighted by Crippen LogP contribution is 2.29. The SMILES string of the molecule is CN(C(=O)O)c1oc(=O)oc1-c1ccccc1. The van der Waals surface area contributed by atoms with Crippen molar-refractivity contribution in [3.05, 3.63) is 40.9 Å². The second-order valence-electron chi connectivity index (χ2n) is 3.30.